The molecule has 11 heavy (non-hydrogen) atoms. The number of rotatable bonds is 5. The van der Waals surface area contributed by atoms with Gasteiger partial charge in [0.15, 0.2) is 0 Å². The second kappa shape index (κ2) is 3.72. The Hall–Kier alpha value is 0.180. The Labute approximate surface area is 76.9 Å². The van der Waals surface area contributed by atoms with E-state index in [-0.39, 0.29) is 5.41 Å². The van der Waals surface area contributed by atoms with E-state index in [4.69, 9.17) is 4.74 Å². The third-order valence-corrected chi connectivity index (χ3v) is 3.52. The third kappa shape index (κ3) is 2.96. The normalized spacial score (nSPS) is 27.6. The van der Waals surface area contributed by atoms with Crippen LogP contribution in [0.1, 0.15) is 19.8 Å². The van der Waals surface area contributed by atoms with E-state index in [0.717, 1.165) is 11.9 Å². The number of halogens is 1. The lowest BCUT2D eigenvalue weighted by molar-refractivity contribution is 0.352. The average molecular weight is 219 g/mol. The van der Waals surface area contributed by atoms with Gasteiger partial charge in [0, 0.05) is 5.33 Å². The lowest BCUT2D eigenvalue weighted by Crippen LogP contribution is -2.15. The van der Waals surface area contributed by atoms with Crippen molar-refractivity contribution in [2.75, 3.05) is 11.9 Å². The highest BCUT2D eigenvalue weighted by molar-refractivity contribution is 9.09. The molecule has 2 atom stereocenters. The molecular formula is C9H15BrO. The Morgan fingerprint density at radius 2 is 2.45 bits per heavy atom. The van der Waals surface area contributed by atoms with Gasteiger partial charge in [-0.2, -0.15) is 0 Å². The summed E-state index contributed by atoms with van der Waals surface area (Å²) in [6, 6.07) is 0. The topological polar surface area (TPSA) is 12.5 Å². The molecule has 0 N–H and O–H groups in total. The fraction of sp³-hybridized carbons (Fsp3) is 0.778. The summed E-state index contributed by atoms with van der Waals surface area (Å²) >= 11 is 3.49. The second-order valence-electron chi connectivity index (χ2n) is 3.49. The van der Waals surface area contributed by atoms with Crippen LogP contribution in [-0.2, 0) is 4.74 Å². The maximum Gasteiger partial charge on any atom is 0.0810 e. The predicted octanol–water partition coefficient (Wildman–Crippen LogP) is 2.75. The highest BCUT2D eigenvalue weighted by Gasteiger charge is 2.26. The van der Waals surface area contributed by atoms with E-state index in [2.05, 4.69) is 29.4 Å². The van der Waals surface area contributed by atoms with Crippen molar-refractivity contribution < 1.29 is 4.74 Å². The van der Waals surface area contributed by atoms with Crippen LogP contribution in [0.5, 0.6) is 0 Å². The summed E-state index contributed by atoms with van der Waals surface area (Å²) < 4.78 is 5.14. The summed E-state index contributed by atoms with van der Waals surface area (Å²) in [7, 11) is 0. The number of hydrogen-bond acceptors (Lipinski definition) is 1. The summed E-state index contributed by atoms with van der Waals surface area (Å²) in [4.78, 5) is 0. The van der Waals surface area contributed by atoms with Crippen LogP contribution < -0.4 is 0 Å². The summed E-state index contributed by atoms with van der Waals surface area (Å²) in [6.07, 6.45) is 4.93. The molecule has 1 aliphatic heterocycles. The van der Waals surface area contributed by atoms with Gasteiger partial charge in [-0.05, 0) is 18.3 Å². The molecular weight excluding hydrogens is 204 g/mol. The standard InChI is InChI=1S/C9H15BrO/c1-3-9(2,7-10)5-4-8-6-11-8/h3,8H,1,4-7H2,2H3. The summed E-state index contributed by atoms with van der Waals surface area (Å²) in [6.45, 7) is 7.02. The van der Waals surface area contributed by atoms with Crippen molar-refractivity contribution in [1.82, 2.24) is 0 Å². The molecule has 0 radical (unpaired) electrons. The molecule has 1 heterocycles. The molecule has 0 aromatic rings. The highest BCUT2D eigenvalue weighted by atomic mass is 79.9. The van der Waals surface area contributed by atoms with E-state index in [1.165, 1.54) is 12.8 Å². The Morgan fingerprint density at radius 3 is 2.82 bits per heavy atom. The molecule has 0 spiro atoms. The summed E-state index contributed by atoms with van der Waals surface area (Å²) in [5, 5.41) is 0.996. The minimum atomic E-state index is 0.256. The van der Waals surface area contributed by atoms with E-state index in [1.807, 2.05) is 6.08 Å². The number of epoxide rings is 1. The van der Waals surface area contributed by atoms with Gasteiger partial charge < -0.3 is 4.74 Å². The van der Waals surface area contributed by atoms with Gasteiger partial charge in [0.1, 0.15) is 0 Å². The zero-order chi connectivity index (χ0) is 8.32. The maximum atomic E-state index is 5.14. The number of alkyl halides is 1. The zero-order valence-electron chi connectivity index (χ0n) is 6.98. The maximum absolute atomic E-state index is 5.14. The largest absolute Gasteiger partial charge is 0.373 e. The van der Waals surface area contributed by atoms with Crippen LogP contribution >= 0.6 is 15.9 Å². The summed E-state index contributed by atoms with van der Waals surface area (Å²) in [5.41, 5.74) is 0.256. The number of ether oxygens (including phenoxy) is 1. The van der Waals surface area contributed by atoms with Crippen LogP contribution in [0.25, 0.3) is 0 Å². The van der Waals surface area contributed by atoms with E-state index < -0.39 is 0 Å². The average Bonchev–Trinajstić information content (AvgIpc) is 2.83. The van der Waals surface area contributed by atoms with E-state index in [1.54, 1.807) is 0 Å². The van der Waals surface area contributed by atoms with Crippen LogP contribution in [0.4, 0.5) is 0 Å². The van der Waals surface area contributed by atoms with Crippen LogP contribution in [0.2, 0.25) is 0 Å². The van der Waals surface area contributed by atoms with Crippen molar-refractivity contribution in [3.05, 3.63) is 12.7 Å². The van der Waals surface area contributed by atoms with Crippen molar-refractivity contribution in [1.29, 1.82) is 0 Å². The molecule has 1 saturated heterocycles. The van der Waals surface area contributed by atoms with Gasteiger partial charge in [0.2, 0.25) is 0 Å². The molecule has 0 aromatic heterocycles. The first-order valence-electron chi connectivity index (χ1n) is 4.01. The van der Waals surface area contributed by atoms with Gasteiger partial charge in [-0.25, -0.2) is 0 Å². The van der Waals surface area contributed by atoms with Crippen LogP contribution in [0, 0.1) is 5.41 Å². The van der Waals surface area contributed by atoms with E-state index in [9.17, 15) is 0 Å². The van der Waals surface area contributed by atoms with Gasteiger partial charge in [0.25, 0.3) is 0 Å². The van der Waals surface area contributed by atoms with Gasteiger partial charge >= 0.3 is 0 Å². The molecule has 2 unspecified atom stereocenters. The van der Waals surface area contributed by atoms with Crippen molar-refractivity contribution >= 4 is 15.9 Å². The lowest BCUT2D eigenvalue weighted by Gasteiger charge is -2.21. The molecule has 1 fully saturated rings. The van der Waals surface area contributed by atoms with Crippen molar-refractivity contribution in [2.45, 2.75) is 25.9 Å². The number of allylic oxidation sites excluding steroid dienone is 1. The van der Waals surface area contributed by atoms with Crippen molar-refractivity contribution in [3.8, 4) is 0 Å². The van der Waals surface area contributed by atoms with Crippen LogP contribution in [-0.4, -0.2) is 18.0 Å². The minimum absolute atomic E-state index is 0.256. The molecule has 2 heteroatoms. The van der Waals surface area contributed by atoms with Crippen LogP contribution in [0.15, 0.2) is 12.7 Å². The predicted molar refractivity (Wildman–Crippen MR) is 51.1 cm³/mol. The Bertz CT molecular complexity index is 142. The highest BCUT2D eigenvalue weighted by Crippen LogP contribution is 2.30. The molecule has 1 nitrogen and oxygen atoms in total. The van der Waals surface area contributed by atoms with E-state index >= 15 is 0 Å². The Balaban J connectivity index is 2.23. The first kappa shape index (κ1) is 9.27. The SMILES string of the molecule is C=CC(C)(CBr)CCC1CO1. The smallest absolute Gasteiger partial charge is 0.0810 e. The zero-order valence-corrected chi connectivity index (χ0v) is 8.56. The third-order valence-electron chi connectivity index (χ3n) is 2.24. The first-order valence-corrected chi connectivity index (χ1v) is 5.13. The monoisotopic (exact) mass is 218 g/mol. The molecule has 1 aliphatic rings. The quantitative estimate of drug-likeness (QED) is 0.393. The molecule has 0 amide bonds. The van der Waals surface area contributed by atoms with Gasteiger partial charge in [-0.1, -0.05) is 28.9 Å². The lowest BCUT2D eigenvalue weighted by atomic mass is 9.87. The fourth-order valence-electron chi connectivity index (χ4n) is 0.949. The Morgan fingerprint density at radius 1 is 1.82 bits per heavy atom. The molecule has 64 valence electrons. The second-order valence-corrected chi connectivity index (χ2v) is 4.05. The van der Waals surface area contributed by atoms with Gasteiger partial charge in [0.05, 0.1) is 12.7 Å². The van der Waals surface area contributed by atoms with Crippen molar-refractivity contribution in [2.24, 2.45) is 5.41 Å². The van der Waals surface area contributed by atoms with Crippen molar-refractivity contribution in [3.63, 3.8) is 0 Å². The molecule has 0 saturated carbocycles. The van der Waals surface area contributed by atoms with Crippen LogP contribution in [0.3, 0.4) is 0 Å². The molecule has 0 bridgehead atoms. The minimum Gasteiger partial charge on any atom is -0.373 e. The van der Waals surface area contributed by atoms with E-state index in [0.29, 0.717) is 6.10 Å². The van der Waals surface area contributed by atoms with Gasteiger partial charge in [-0.3, -0.25) is 0 Å². The Kier molecular flexibility index (Phi) is 3.14. The fourth-order valence-corrected chi connectivity index (χ4v) is 1.46. The summed E-state index contributed by atoms with van der Waals surface area (Å²) in [5.74, 6) is 0. The first-order chi connectivity index (χ1) is 5.20. The molecule has 0 aliphatic carbocycles. The molecule has 1 rings (SSSR count). The molecule has 0 aromatic carbocycles. The van der Waals surface area contributed by atoms with Gasteiger partial charge in [-0.15, -0.1) is 6.58 Å². The number of hydrogen-bond donors (Lipinski definition) is 0.